The number of rotatable bonds is 9. The lowest BCUT2D eigenvalue weighted by atomic mass is 9.96. The number of ketones is 1. The van der Waals surface area contributed by atoms with Crippen molar-refractivity contribution in [1.29, 1.82) is 0 Å². The predicted octanol–water partition coefficient (Wildman–Crippen LogP) is 3.26. The van der Waals surface area contributed by atoms with Crippen LogP contribution in [-0.4, -0.2) is 77.6 Å². The minimum Gasteiger partial charge on any atom is -0.507 e. The van der Waals surface area contributed by atoms with Crippen LogP contribution in [0.1, 0.15) is 37.4 Å². The van der Waals surface area contributed by atoms with Crippen molar-refractivity contribution in [2.24, 2.45) is 5.92 Å². The van der Waals surface area contributed by atoms with E-state index in [1.165, 1.54) is 0 Å². The summed E-state index contributed by atoms with van der Waals surface area (Å²) in [5.41, 5.74) is 1.31. The zero-order valence-corrected chi connectivity index (χ0v) is 20.4. The second-order valence-corrected chi connectivity index (χ2v) is 9.31. The molecule has 2 fully saturated rings. The number of likely N-dealkylation sites (tertiary alicyclic amines) is 1. The van der Waals surface area contributed by atoms with Crippen molar-refractivity contribution in [2.75, 3.05) is 46.0 Å². The molecule has 0 saturated carbocycles. The first-order valence-corrected chi connectivity index (χ1v) is 12.2. The molecule has 1 N–H and O–H groups in total. The van der Waals surface area contributed by atoms with Gasteiger partial charge in [0.15, 0.2) is 0 Å². The van der Waals surface area contributed by atoms with E-state index in [4.69, 9.17) is 9.47 Å². The number of benzene rings is 1. The second kappa shape index (κ2) is 11.5. The SMILES string of the molecule is CC(C)COc1ccc(C(O)=C2C(=O)C(=O)N(CCCN3CCOCC3)[C@H]2c2ccncc2)cc1. The highest BCUT2D eigenvalue weighted by Gasteiger charge is 2.45. The van der Waals surface area contributed by atoms with Crippen LogP contribution < -0.4 is 4.74 Å². The standard InChI is InChI=1S/C27H33N3O5/c1-19(2)18-35-22-6-4-21(5-7-22)25(31)23-24(20-8-10-28-11-9-20)30(27(33)26(23)32)13-3-12-29-14-16-34-17-15-29/h4-11,19,24,31H,3,12-18H2,1-2H3/t24-/m0/s1. The maximum Gasteiger partial charge on any atom is 0.295 e. The van der Waals surface area contributed by atoms with Gasteiger partial charge in [0, 0.05) is 44.1 Å². The number of aromatic nitrogens is 1. The van der Waals surface area contributed by atoms with Crippen LogP contribution in [0.5, 0.6) is 5.75 Å². The van der Waals surface area contributed by atoms with Crippen LogP contribution in [-0.2, 0) is 14.3 Å². The number of Topliss-reactive ketones (excluding diaryl/α,β-unsaturated/α-hetero) is 1. The van der Waals surface area contributed by atoms with Gasteiger partial charge in [-0.15, -0.1) is 0 Å². The fourth-order valence-electron chi connectivity index (χ4n) is 4.42. The maximum absolute atomic E-state index is 13.1. The molecule has 8 heteroatoms. The van der Waals surface area contributed by atoms with E-state index < -0.39 is 17.7 Å². The summed E-state index contributed by atoms with van der Waals surface area (Å²) in [5.74, 6) is -0.369. The molecular formula is C27H33N3O5. The molecule has 186 valence electrons. The molecule has 3 heterocycles. The van der Waals surface area contributed by atoms with Crippen molar-refractivity contribution in [3.05, 3.63) is 65.5 Å². The van der Waals surface area contributed by atoms with Gasteiger partial charge in [0.05, 0.1) is 31.4 Å². The van der Waals surface area contributed by atoms with E-state index in [0.29, 0.717) is 43.6 Å². The number of ether oxygens (including phenoxy) is 2. The largest absolute Gasteiger partial charge is 0.507 e. The molecular weight excluding hydrogens is 446 g/mol. The molecule has 1 atom stereocenters. The first kappa shape index (κ1) is 24.9. The Kier molecular flexibility index (Phi) is 8.15. The zero-order valence-electron chi connectivity index (χ0n) is 20.4. The van der Waals surface area contributed by atoms with Crippen molar-refractivity contribution in [2.45, 2.75) is 26.3 Å². The van der Waals surface area contributed by atoms with Gasteiger partial charge in [0.1, 0.15) is 11.5 Å². The average molecular weight is 480 g/mol. The summed E-state index contributed by atoms with van der Waals surface area (Å²) in [7, 11) is 0. The second-order valence-electron chi connectivity index (χ2n) is 9.31. The lowest BCUT2D eigenvalue weighted by molar-refractivity contribution is -0.140. The number of nitrogens with zero attached hydrogens (tertiary/aromatic N) is 3. The number of carbonyl (C=O) groups excluding carboxylic acids is 2. The fraction of sp³-hybridized carbons (Fsp3) is 0.444. The number of hydrogen-bond acceptors (Lipinski definition) is 7. The summed E-state index contributed by atoms with van der Waals surface area (Å²) in [5, 5.41) is 11.2. The highest BCUT2D eigenvalue weighted by atomic mass is 16.5. The Hall–Kier alpha value is -3.23. The topological polar surface area (TPSA) is 92.2 Å². The monoisotopic (exact) mass is 479 g/mol. The van der Waals surface area contributed by atoms with E-state index in [1.807, 2.05) is 0 Å². The molecule has 0 unspecified atom stereocenters. The Morgan fingerprint density at radius 2 is 1.77 bits per heavy atom. The first-order valence-electron chi connectivity index (χ1n) is 12.2. The molecule has 0 spiro atoms. The van der Waals surface area contributed by atoms with E-state index in [2.05, 4.69) is 23.7 Å². The molecule has 2 saturated heterocycles. The third-order valence-electron chi connectivity index (χ3n) is 6.25. The molecule has 1 aromatic carbocycles. The van der Waals surface area contributed by atoms with Gasteiger partial charge in [-0.05, 0) is 54.3 Å². The quantitative estimate of drug-likeness (QED) is 0.335. The Balaban J connectivity index is 1.59. The Bertz CT molecular complexity index is 1050. The average Bonchev–Trinajstić information content (AvgIpc) is 3.13. The normalized spacial score (nSPS) is 20.5. The summed E-state index contributed by atoms with van der Waals surface area (Å²) < 4.78 is 11.1. The van der Waals surface area contributed by atoms with Crippen LogP contribution in [0.25, 0.3) is 5.76 Å². The van der Waals surface area contributed by atoms with Crippen molar-refractivity contribution in [3.63, 3.8) is 0 Å². The number of aliphatic hydroxyl groups excluding tert-OH is 1. The molecule has 35 heavy (non-hydrogen) atoms. The van der Waals surface area contributed by atoms with Crippen LogP contribution in [0.2, 0.25) is 0 Å². The molecule has 0 bridgehead atoms. The Morgan fingerprint density at radius 3 is 2.43 bits per heavy atom. The van der Waals surface area contributed by atoms with Gasteiger partial charge in [-0.3, -0.25) is 19.5 Å². The number of morpholine rings is 1. The van der Waals surface area contributed by atoms with Gasteiger partial charge in [-0.1, -0.05) is 13.8 Å². The minimum absolute atomic E-state index is 0.100. The summed E-state index contributed by atoms with van der Waals surface area (Å²) in [6.45, 7) is 9.10. The molecule has 2 aliphatic heterocycles. The Labute approximate surface area is 206 Å². The number of pyridine rings is 1. The molecule has 1 amide bonds. The summed E-state index contributed by atoms with van der Waals surface area (Å²) in [6, 6.07) is 9.83. The van der Waals surface area contributed by atoms with E-state index in [0.717, 1.165) is 31.6 Å². The van der Waals surface area contributed by atoms with Gasteiger partial charge in [-0.2, -0.15) is 0 Å². The van der Waals surface area contributed by atoms with Crippen LogP contribution in [0, 0.1) is 5.92 Å². The summed E-state index contributed by atoms with van der Waals surface area (Å²) in [6.07, 6.45) is 3.98. The van der Waals surface area contributed by atoms with Gasteiger partial charge in [-0.25, -0.2) is 0 Å². The van der Waals surface area contributed by atoms with Gasteiger partial charge < -0.3 is 19.5 Å². The zero-order chi connectivity index (χ0) is 24.8. The molecule has 2 aromatic rings. The molecule has 8 nitrogen and oxygen atoms in total. The highest BCUT2D eigenvalue weighted by Crippen LogP contribution is 2.39. The van der Waals surface area contributed by atoms with E-state index >= 15 is 0 Å². The van der Waals surface area contributed by atoms with Gasteiger partial charge in [0.2, 0.25) is 0 Å². The molecule has 0 aliphatic carbocycles. The third-order valence-corrected chi connectivity index (χ3v) is 6.25. The number of amides is 1. The first-order chi connectivity index (χ1) is 17.0. The maximum atomic E-state index is 13.1. The van der Waals surface area contributed by atoms with Crippen molar-refractivity contribution < 1.29 is 24.2 Å². The number of aliphatic hydroxyl groups is 1. The van der Waals surface area contributed by atoms with Gasteiger partial charge >= 0.3 is 0 Å². The third kappa shape index (κ3) is 5.89. The van der Waals surface area contributed by atoms with E-state index in [9.17, 15) is 14.7 Å². The van der Waals surface area contributed by atoms with Crippen molar-refractivity contribution in [1.82, 2.24) is 14.8 Å². The number of hydrogen-bond donors (Lipinski definition) is 1. The lowest BCUT2D eigenvalue weighted by Gasteiger charge is -2.29. The van der Waals surface area contributed by atoms with Gasteiger partial charge in [0.25, 0.3) is 11.7 Å². The summed E-state index contributed by atoms with van der Waals surface area (Å²) >= 11 is 0. The van der Waals surface area contributed by atoms with Crippen LogP contribution in [0.15, 0.2) is 54.4 Å². The smallest absolute Gasteiger partial charge is 0.295 e. The lowest BCUT2D eigenvalue weighted by Crippen LogP contribution is -2.38. The molecule has 0 radical (unpaired) electrons. The van der Waals surface area contributed by atoms with E-state index in [-0.39, 0.29) is 11.3 Å². The predicted molar refractivity (Wildman–Crippen MR) is 132 cm³/mol. The fourth-order valence-corrected chi connectivity index (χ4v) is 4.42. The molecule has 1 aromatic heterocycles. The highest BCUT2D eigenvalue weighted by molar-refractivity contribution is 6.46. The van der Waals surface area contributed by atoms with E-state index in [1.54, 1.807) is 53.7 Å². The summed E-state index contributed by atoms with van der Waals surface area (Å²) in [4.78, 5) is 34.2. The number of carbonyl (C=O) groups is 2. The van der Waals surface area contributed by atoms with Crippen LogP contribution >= 0.6 is 0 Å². The van der Waals surface area contributed by atoms with Crippen LogP contribution in [0.3, 0.4) is 0 Å². The van der Waals surface area contributed by atoms with Crippen LogP contribution in [0.4, 0.5) is 0 Å². The molecule has 2 aliphatic rings. The molecule has 4 rings (SSSR count). The minimum atomic E-state index is -0.671. The van der Waals surface area contributed by atoms with Crippen molar-refractivity contribution >= 4 is 17.4 Å². The Morgan fingerprint density at radius 1 is 1.09 bits per heavy atom. The van der Waals surface area contributed by atoms with Crippen molar-refractivity contribution in [3.8, 4) is 5.75 Å².